The van der Waals surface area contributed by atoms with E-state index in [4.69, 9.17) is 4.74 Å². The van der Waals surface area contributed by atoms with Crippen LogP contribution >= 0.6 is 0 Å². The van der Waals surface area contributed by atoms with Gasteiger partial charge in [0.25, 0.3) is 0 Å². The molecule has 0 spiro atoms. The molecular weight excluding hydrogens is 286 g/mol. The summed E-state index contributed by atoms with van der Waals surface area (Å²) in [6.07, 6.45) is 4.44. The molecule has 1 rings (SSSR count). The second kappa shape index (κ2) is 7.84. The summed E-state index contributed by atoms with van der Waals surface area (Å²) in [6.45, 7) is 19.2. The maximum absolute atomic E-state index is 10.2. The van der Waals surface area contributed by atoms with Crippen LogP contribution in [0.15, 0.2) is 0 Å². The summed E-state index contributed by atoms with van der Waals surface area (Å²) in [7, 11) is 0. The van der Waals surface area contributed by atoms with E-state index in [1.807, 2.05) is 0 Å². The minimum atomic E-state index is -0.436. The van der Waals surface area contributed by atoms with Gasteiger partial charge in [-0.3, -0.25) is 0 Å². The minimum Gasteiger partial charge on any atom is -0.389 e. The molecule has 0 aromatic rings. The van der Waals surface area contributed by atoms with Gasteiger partial charge in [0.15, 0.2) is 0 Å². The first-order valence-corrected chi connectivity index (χ1v) is 9.33. The van der Waals surface area contributed by atoms with Gasteiger partial charge in [0.05, 0.1) is 18.8 Å². The number of hydrogen-bond acceptors (Lipinski definition) is 3. The molecule has 0 radical (unpaired) electrons. The molecule has 138 valence electrons. The normalized spacial score (nSPS) is 27.0. The highest BCUT2D eigenvalue weighted by Gasteiger charge is 2.33. The smallest absolute Gasteiger partial charge is 0.0898 e. The van der Waals surface area contributed by atoms with Gasteiger partial charge in [0.2, 0.25) is 0 Å². The van der Waals surface area contributed by atoms with E-state index in [1.165, 1.54) is 6.42 Å². The van der Waals surface area contributed by atoms with Gasteiger partial charge in [-0.25, -0.2) is 0 Å². The van der Waals surface area contributed by atoms with Gasteiger partial charge in [-0.15, -0.1) is 0 Å². The number of aliphatic hydroxyl groups is 1. The summed E-state index contributed by atoms with van der Waals surface area (Å²) >= 11 is 0. The molecule has 1 aliphatic rings. The first-order chi connectivity index (χ1) is 10.3. The van der Waals surface area contributed by atoms with Gasteiger partial charge in [-0.1, -0.05) is 41.5 Å². The van der Waals surface area contributed by atoms with Gasteiger partial charge in [0.1, 0.15) is 0 Å². The molecule has 0 aliphatic heterocycles. The maximum atomic E-state index is 10.2. The van der Waals surface area contributed by atoms with E-state index >= 15 is 0 Å². The molecule has 3 atom stereocenters. The van der Waals surface area contributed by atoms with Gasteiger partial charge in [-0.2, -0.15) is 0 Å². The number of hydrogen-bond donors (Lipinski definition) is 2. The van der Waals surface area contributed by atoms with Crippen molar-refractivity contribution in [3.63, 3.8) is 0 Å². The lowest BCUT2D eigenvalue weighted by Gasteiger charge is -2.39. The Bertz CT molecular complexity index is 357. The third-order valence-electron chi connectivity index (χ3n) is 4.66. The van der Waals surface area contributed by atoms with E-state index < -0.39 is 6.10 Å². The largest absolute Gasteiger partial charge is 0.389 e. The number of rotatable bonds is 7. The van der Waals surface area contributed by atoms with Gasteiger partial charge < -0.3 is 15.2 Å². The zero-order chi connectivity index (χ0) is 17.9. The predicted molar refractivity (Wildman–Crippen MR) is 98.7 cm³/mol. The van der Waals surface area contributed by atoms with Crippen LogP contribution in [0, 0.1) is 16.7 Å². The number of aliphatic hydroxyl groups excluding tert-OH is 1. The van der Waals surface area contributed by atoms with Crippen molar-refractivity contribution in [3.05, 3.63) is 0 Å². The van der Waals surface area contributed by atoms with Crippen LogP contribution < -0.4 is 5.32 Å². The molecular formula is C20H41NO2. The van der Waals surface area contributed by atoms with Crippen LogP contribution in [0.4, 0.5) is 0 Å². The SMILES string of the molecule is C[C@H]1C[C@H](OC[C@H](O)CNC(C)(C)CC(C)(C)C)CC(C)(C)C1. The molecule has 23 heavy (non-hydrogen) atoms. The van der Waals surface area contributed by atoms with Crippen molar-refractivity contribution >= 4 is 0 Å². The molecule has 0 amide bonds. The summed E-state index contributed by atoms with van der Waals surface area (Å²) in [5.41, 5.74) is 0.669. The molecule has 3 nitrogen and oxygen atoms in total. The van der Waals surface area contributed by atoms with E-state index in [1.54, 1.807) is 0 Å². The van der Waals surface area contributed by atoms with Gasteiger partial charge >= 0.3 is 0 Å². The summed E-state index contributed by atoms with van der Waals surface area (Å²) in [5.74, 6) is 0.713. The molecule has 1 saturated carbocycles. The second-order valence-corrected chi connectivity index (χ2v) is 10.5. The quantitative estimate of drug-likeness (QED) is 0.729. The minimum absolute atomic E-state index is 0.0283. The lowest BCUT2D eigenvalue weighted by atomic mass is 9.71. The van der Waals surface area contributed by atoms with Crippen LogP contribution in [0.2, 0.25) is 0 Å². The average molecular weight is 328 g/mol. The first-order valence-electron chi connectivity index (χ1n) is 9.33. The Hall–Kier alpha value is -0.120. The van der Waals surface area contributed by atoms with Gasteiger partial charge in [0, 0.05) is 12.1 Å². The lowest BCUT2D eigenvalue weighted by Crippen LogP contribution is -2.46. The summed E-state index contributed by atoms with van der Waals surface area (Å²) in [4.78, 5) is 0. The number of β-amino-alcohol motifs (C(OH)–C–C–N with tert-alkyl or cyclic N) is 1. The fourth-order valence-corrected chi connectivity index (χ4v) is 4.47. The zero-order valence-corrected chi connectivity index (χ0v) is 16.8. The standard InChI is InChI=1S/C20H41NO2/c1-15-9-17(11-19(5,6)10-15)23-13-16(22)12-21-20(7,8)14-18(2,3)4/h15-17,21-22H,9-14H2,1-8H3/t15-,16+,17-/m0/s1. The molecule has 0 saturated heterocycles. The monoisotopic (exact) mass is 327 g/mol. The van der Waals surface area contributed by atoms with Crippen molar-refractivity contribution in [2.24, 2.45) is 16.7 Å². The highest BCUT2D eigenvalue weighted by Crippen LogP contribution is 2.39. The van der Waals surface area contributed by atoms with Crippen LogP contribution in [-0.2, 0) is 4.74 Å². The Morgan fingerprint density at radius 3 is 2.30 bits per heavy atom. The Morgan fingerprint density at radius 2 is 1.78 bits per heavy atom. The fraction of sp³-hybridized carbons (Fsp3) is 1.00. The van der Waals surface area contributed by atoms with E-state index in [2.05, 4.69) is 60.7 Å². The first kappa shape index (κ1) is 20.9. The van der Waals surface area contributed by atoms with E-state index in [0.29, 0.717) is 30.6 Å². The molecule has 0 unspecified atom stereocenters. The van der Waals surface area contributed by atoms with Crippen molar-refractivity contribution < 1.29 is 9.84 Å². The Labute approximate surface area is 144 Å². The highest BCUT2D eigenvalue weighted by atomic mass is 16.5. The van der Waals surface area contributed by atoms with E-state index in [0.717, 1.165) is 19.3 Å². The van der Waals surface area contributed by atoms with E-state index in [9.17, 15) is 5.11 Å². The van der Waals surface area contributed by atoms with Crippen molar-refractivity contribution in [2.45, 2.75) is 98.8 Å². The van der Waals surface area contributed by atoms with Crippen molar-refractivity contribution in [1.82, 2.24) is 5.32 Å². The van der Waals surface area contributed by atoms with Crippen molar-refractivity contribution in [1.29, 1.82) is 0 Å². The molecule has 1 aliphatic carbocycles. The summed E-state index contributed by atoms with van der Waals surface area (Å²) < 4.78 is 6.03. The van der Waals surface area contributed by atoms with Crippen molar-refractivity contribution in [2.75, 3.05) is 13.2 Å². The van der Waals surface area contributed by atoms with Crippen LogP contribution in [-0.4, -0.2) is 36.0 Å². The molecule has 0 bridgehead atoms. The Balaban J connectivity index is 2.33. The topological polar surface area (TPSA) is 41.5 Å². The Kier molecular flexibility index (Phi) is 7.13. The van der Waals surface area contributed by atoms with Crippen LogP contribution in [0.5, 0.6) is 0 Å². The third kappa shape index (κ3) is 9.07. The average Bonchev–Trinajstić information content (AvgIpc) is 2.28. The summed E-state index contributed by atoms with van der Waals surface area (Å²) in [5, 5.41) is 13.7. The maximum Gasteiger partial charge on any atom is 0.0898 e. The lowest BCUT2D eigenvalue weighted by molar-refractivity contribution is -0.0561. The highest BCUT2D eigenvalue weighted by molar-refractivity contribution is 4.85. The number of nitrogens with one attached hydrogen (secondary N) is 1. The predicted octanol–water partition coefficient (Wildman–Crippen LogP) is 4.38. The zero-order valence-electron chi connectivity index (χ0n) is 16.8. The number of ether oxygens (including phenoxy) is 1. The second-order valence-electron chi connectivity index (χ2n) is 10.5. The fourth-order valence-electron chi connectivity index (χ4n) is 4.47. The van der Waals surface area contributed by atoms with Crippen LogP contribution in [0.3, 0.4) is 0 Å². The van der Waals surface area contributed by atoms with Crippen LogP contribution in [0.1, 0.15) is 81.1 Å². The summed E-state index contributed by atoms with van der Waals surface area (Å²) in [6, 6.07) is 0. The third-order valence-corrected chi connectivity index (χ3v) is 4.66. The molecule has 1 fully saturated rings. The van der Waals surface area contributed by atoms with Crippen LogP contribution in [0.25, 0.3) is 0 Å². The van der Waals surface area contributed by atoms with E-state index in [-0.39, 0.29) is 11.0 Å². The van der Waals surface area contributed by atoms with Crippen molar-refractivity contribution in [3.8, 4) is 0 Å². The molecule has 2 N–H and O–H groups in total. The van der Waals surface area contributed by atoms with Gasteiger partial charge in [-0.05, 0) is 56.3 Å². The molecule has 0 aromatic carbocycles. The molecule has 0 heterocycles. The Morgan fingerprint density at radius 1 is 1.17 bits per heavy atom. The molecule has 0 aromatic heterocycles. The molecule has 3 heteroatoms.